The van der Waals surface area contributed by atoms with Crippen molar-refractivity contribution in [2.75, 3.05) is 0 Å². The molecule has 0 aliphatic carbocycles. The highest BCUT2D eigenvalue weighted by molar-refractivity contribution is 5.92. The van der Waals surface area contributed by atoms with E-state index in [4.69, 9.17) is 18.9 Å². The molecule has 0 radical (unpaired) electrons. The van der Waals surface area contributed by atoms with Crippen molar-refractivity contribution in [3.05, 3.63) is 23.8 Å². The van der Waals surface area contributed by atoms with Crippen molar-refractivity contribution in [2.24, 2.45) is 17.8 Å². The van der Waals surface area contributed by atoms with Crippen LogP contribution in [0.1, 0.15) is 60.8 Å². The van der Waals surface area contributed by atoms with Crippen molar-refractivity contribution in [3.63, 3.8) is 0 Å². The van der Waals surface area contributed by atoms with Crippen LogP contribution >= 0.6 is 0 Å². The zero-order chi connectivity index (χ0) is 25.6. The van der Waals surface area contributed by atoms with Crippen LogP contribution in [0, 0.1) is 17.8 Å². The Hall–Kier alpha value is -2.23. The highest BCUT2D eigenvalue weighted by Gasteiger charge is 2.65. The number of rotatable bonds is 5. The molecule has 9 atom stereocenters. The molecule has 2 N–H and O–H groups in total. The third kappa shape index (κ3) is 4.53. The molecule has 3 fully saturated rings. The molecule has 0 saturated carbocycles. The Morgan fingerprint density at radius 3 is 2.53 bits per heavy atom. The van der Waals surface area contributed by atoms with E-state index in [-0.39, 0.29) is 12.0 Å². The zero-order valence-electron chi connectivity index (χ0n) is 20.7. The summed E-state index contributed by atoms with van der Waals surface area (Å²) < 4.78 is 23.1. The van der Waals surface area contributed by atoms with Gasteiger partial charge >= 0.3 is 17.9 Å². The van der Waals surface area contributed by atoms with Crippen LogP contribution < -0.4 is 0 Å². The molecule has 3 rings (SSSR count). The van der Waals surface area contributed by atoms with Gasteiger partial charge in [-0.25, -0.2) is 9.59 Å². The first-order valence-electron chi connectivity index (χ1n) is 11.8. The lowest BCUT2D eigenvalue weighted by atomic mass is 9.75. The average molecular weight is 481 g/mol. The maximum atomic E-state index is 12.8. The van der Waals surface area contributed by atoms with Crippen LogP contribution in [0.2, 0.25) is 0 Å². The Morgan fingerprint density at radius 1 is 1.29 bits per heavy atom. The number of carbonyl (C=O) groups is 3. The highest BCUT2D eigenvalue weighted by atomic mass is 16.7. The molecule has 190 valence electrons. The van der Waals surface area contributed by atoms with E-state index < -0.39 is 71.5 Å². The summed E-state index contributed by atoms with van der Waals surface area (Å²) >= 11 is 0. The summed E-state index contributed by atoms with van der Waals surface area (Å²) in [7, 11) is 0. The van der Waals surface area contributed by atoms with Gasteiger partial charge in [0.1, 0.15) is 5.60 Å². The maximum absolute atomic E-state index is 12.8. The van der Waals surface area contributed by atoms with E-state index in [0.717, 1.165) is 0 Å². The van der Waals surface area contributed by atoms with Crippen LogP contribution in [-0.2, 0) is 33.3 Å². The van der Waals surface area contributed by atoms with E-state index >= 15 is 0 Å². The number of esters is 3. The van der Waals surface area contributed by atoms with Gasteiger partial charge in [-0.1, -0.05) is 33.4 Å². The lowest BCUT2D eigenvalue weighted by molar-refractivity contribution is -0.277. The van der Waals surface area contributed by atoms with Crippen molar-refractivity contribution in [3.8, 4) is 0 Å². The van der Waals surface area contributed by atoms with Gasteiger partial charge in [0.15, 0.2) is 18.3 Å². The fraction of sp³-hybridized carbons (Fsp3) is 0.720. The number of aliphatic hydroxyl groups is 2. The van der Waals surface area contributed by atoms with Crippen molar-refractivity contribution in [1.82, 2.24) is 0 Å². The molecule has 3 saturated heterocycles. The Balaban J connectivity index is 2.15. The minimum Gasteiger partial charge on any atom is -0.455 e. The molecule has 9 nitrogen and oxygen atoms in total. The van der Waals surface area contributed by atoms with Crippen molar-refractivity contribution < 1.29 is 43.5 Å². The smallest absolute Gasteiger partial charge is 0.334 e. The van der Waals surface area contributed by atoms with Crippen LogP contribution in [0.5, 0.6) is 0 Å². The van der Waals surface area contributed by atoms with Crippen molar-refractivity contribution >= 4 is 17.9 Å². The second-order valence-corrected chi connectivity index (χ2v) is 10.1. The highest BCUT2D eigenvalue weighted by Crippen LogP contribution is 2.50. The molecule has 3 heterocycles. The SMILES string of the molecule is C=C1C(=O)O[C@@H]2[C@@H]1[C@H](OC(=O)/C(C)=C\C)[C@]1(O)O[C@@H](C[C@@H]1C)C[C@@](C)(O)[C@H]2OC(=O)[C@H](C)CC. The number of hydrogen-bond donors (Lipinski definition) is 2. The fourth-order valence-corrected chi connectivity index (χ4v) is 4.95. The summed E-state index contributed by atoms with van der Waals surface area (Å²) in [6, 6.07) is 0. The molecule has 3 aliphatic rings. The molecule has 0 aromatic carbocycles. The molecule has 3 aliphatic heterocycles. The largest absolute Gasteiger partial charge is 0.455 e. The predicted octanol–water partition coefficient (Wildman–Crippen LogP) is 2.19. The Kier molecular flexibility index (Phi) is 7.32. The molecular formula is C25H36O9. The van der Waals surface area contributed by atoms with Crippen LogP contribution in [0.25, 0.3) is 0 Å². The van der Waals surface area contributed by atoms with Gasteiger partial charge in [-0.05, 0) is 33.6 Å². The normalized spacial score (nSPS) is 41.0. The molecule has 0 unspecified atom stereocenters. The average Bonchev–Trinajstić information content (AvgIpc) is 3.22. The fourth-order valence-electron chi connectivity index (χ4n) is 4.95. The number of carbonyl (C=O) groups excluding carboxylic acids is 3. The first-order valence-corrected chi connectivity index (χ1v) is 11.8. The third-order valence-electron chi connectivity index (χ3n) is 7.47. The Bertz CT molecular complexity index is 891. The summed E-state index contributed by atoms with van der Waals surface area (Å²) in [5, 5.41) is 23.2. The second-order valence-electron chi connectivity index (χ2n) is 10.1. The first-order chi connectivity index (χ1) is 15.8. The van der Waals surface area contributed by atoms with E-state index in [0.29, 0.717) is 18.4 Å². The van der Waals surface area contributed by atoms with E-state index in [2.05, 4.69) is 6.58 Å². The molecule has 2 bridgehead atoms. The van der Waals surface area contributed by atoms with Gasteiger partial charge in [-0.3, -0.25) is 4.79 Å². The summed E-state index contributed by atoms with van der Waals surface area (Å²) in [4.78, 5) is 38.2. The summed E-state index contributed by atoms with van der Waals surface area (Å²) in [5.74, 6) is -6.09. The summed E-state index contributed by atoms with van der Waals surface area (Å²) in [6.45, 7) is 13.8. The van der Waals surface area contributed by atoms with Gasteiger partial charge < -0.3 is 29.2 Å². The number of fused-ring (bicyclic) bond motifs is 3. The van der Waals surface area contributed by atoms with E-state index in [9.17, 15) is 24.6 Å². The molecule has 0 aromatic rings. The predicted molar refractivity (Wildman–Crippen MR) is 120 cm³/mol. The number of ether oxygens (including phenoxy) is 4. The molecular weight excluding hydrogens is 444 g/mol. The lowest BCUT2D eigenvalue weighted by Gasteiger charge is -2.41. The van der Waals surface area contributed by atoms with Gasteiger partial charge in [0.2, 0.25) is 5.79 Å². The quantitative estimate of drug-likeness (QED) is 0.346. The monoisotopic (exact) mass is 480 g/mol. The van der Waals surface area contributed by atoms with Crippen molar-refractivity contribution in [1.29, 1.82) is 0 Å². The second kappa shape index (κ2) is 9.43. The zero-order valence-corrected chi connectivity index (χ0v) is 20.7. The van der Waals surface area contributed by atoms with Gasteiger partial charge in [-0.15, -0.1) is 0 Å². The lowest BCUT2D eigenvalue weighted by Crippen LogP contribution is -2.58. The van der Waals surface area contributed by atoms with Crippen LogP contribution in [-0.4, -0.2) is 63.9 Å². The minimum absolute atomic E-state index is 0.0000930. The number of hydrogen-bond acceptors (Lipinski definition) is 9. The molecule has 0 amide bonds. The maximum Gasteiger partial charge on any atom is 0.334 e. The van der Waals surface area contributed by atoms with Gasteiger partial charge in [0.05, 0.1) is 17.9 Å². The van der Waals surface area contributed by atoms with Crippen LogP contribution in [0.3, 0.4) is 0 Å². The third-order valence-corrected chi connectivity index (χ3v) is 7.47. The number of allylic oxidation sites excluding steroid dienone is 1. The van der Waals surface area contributed by atoms with Gasteiger partial charge in [0.25, 0.3) is 0 Å². The van der Waals surface area contributed by atoms with E-state index in [1.807, 2.05) is 6.92 Å². The standard InChI is InChI=1S/C25H36O9/c1-8-12(3)21(26)32-19-17-15(6)23(28)31-18(17)20(33-22(27)13(4)9-2)24(7,29)11-16-10-14(5)25(19,30)34-16/h8,13-14,16-20,29-30H,6,9-11H2,1-5,7H3/b12-8-/t13-,14+,16+,17-,18-,19+,20+,24-,25-/m1/s1. The molecule has 9 heteroatoms. The topological polar surface area (TPSA) is 129 Å². The van der Waals surface area contributed by atoms with Crippen molar-refractivity contribution in [2.45, 2.75) is 96.6 Å². The summed E-state index contributed by atoms with van der Waals surface area (Å²) in [6.07, 6.45) is -2.12. The Labute approximate surface area is 200 Å². The molecule has 0 aromatic heterocycles. The minimum atomic E-state index is -1.97. The Morgan fingerprint density at radius 2 is 1.94 bits per heavy atom. The van der Waals surface area contributed by atoms with Crippen LogP contribution in [0.4, 0.5) is 0 Å². The van der Waals surface area contributed by atoms with E-state index in [1.54, 1.807) is 33.8 Å². The summed E-state index contributed by atoms with van der Waals surface area (Å²) in [5.41, 5.74) is -1.44. The van der Waals surface area contributed by atoms with Crippen LogP contribution in [0.15, 0.2) is 23.8 Å². The molecule has 34 heavy (non-hydrogen) atoms. The molecule has 0 spiro atoms. The van der Waals surface area contributed by atoms with Gasteiger partial charge in [-0.2, -0.15) is 0 Å². The first kappa shape index (κ1) is 26.4. The van der Waals surface area contributed by atoms with E-state index in [1.165, 1.54) is 6.92 Å². The van der Waals surface area contributed by atoms with Gasteiger partial charge in [0, 0.05) is 23.5 Å².